The third kappa shape index (κ3) is 4.08. The van der Waals surface area contributed by atoms with Gasteiger partial charge < -0.3 is 0 Å². The molecule has 1 aliphatic rings. The largest absolute Gasteiger partial charge is 0.260 e. The molecule has 0 radical (unpaired) electrons. The summed E-state index contributed by atoms with van der Waals surface area (Å²) in [5.74, 6) is 0.279. The summed E-state index contributed by atoms with van der Waals surface area (Å²) in [6, 6.07) is 20.1. The van der Waals surface area contributed by atoms with Crippen LogP contribution in [0.5, 0.6) is 0 Å². The predicted molar refractivity (Wildman–Crippen MR) is 118 cm³/mol. The van der Waals surface area contributed by atoms with Crippen LogP contribution in [0.3, 0.4) is 0 Å². The molecular formula is C24H21ClFN3. The molecule has 3 aromatic carbocycles. The molecular weight excluding hydrogens is 385 g/mol. The molecule has 3 aromatic rings. The monoisotopic (exact) mass is 405 g/mol. The second-order valence-electron chi connectivity index (χ2n) is 8.03. The van der Waals surface area contributed by atoms with Crippen LogP contribution in [0.25, 0.3) is 0 Å². The Hall–Kier alpha value is -2.98. The second kappa shape index (κ2) is 7.45. The topological polar surface area (TPSA) is 36.8 Å². The molecule has 0 aromatic heterocycles. The van der Waals surface area contributed by atoms with E-state index in [1.165, 1.54) is 17.7 Å². The zero-order valence-electron chi connectivity index (χ0n) is 16.5. The molecule has 1 aliphatic heterocycles. The van der Waals surface area contributed by atoms with Crippen LogP contribution in [0.1, 0.15) is 43.0 Å². The quantitative estimate of drug-likeness (QED) is 0.540. The molecule has 3 nitrogen and oxygen atoms in total. The number of hydrazone groups is 1. The minimum atomic E-state index is -0.335. The third-order valence-corrected chi connectivity index (χ3v) is 5.11. The predicted octanol–water partition coefficient (Wildman–Crippen LogP) is 6.21. The fourth-order valence-electron chi connectivity index (χ4n) is 3.19. The summed E-state index contributed by atoms with van der Waals surface area (Å²) in [4.78, 5) is 4.73. The number of amidine groups is 1. The molecule has 1 heterocycles. The maximum Gasteiger partial charge on any atom is 0.154 e. The summed E-state index contributed by atoms with van der Waals surface area (Å²) in [5.41, 5.74) is 8.01. The molecule has 0 saturated heterocycles. The van der Waals surface area contributed by atoms with Crippen molar-refractivity contribution in [3.63, 3.8) is 0 Å². The van der Waals surface area contributed by atoms with Crippen LogP contribution in [0.4, 0.5) is 10.1 Å². The van der Waals surface area contributed by atoms with E-state index in [-0.39, 0.29) is 11.2 Å². The van der Waals surface area contributed by atoms with Gasteiger partial charge in [-0.05, 0) is 41.3 Å². The van der Waals surface area contributed by atoms with E-state index in [2.05, 4.69) is 43.4 Å². The lowest BCUT2D eigenvalue weighted by atomic mass is 9.86. The fourth-order valence-corrected chi connectivity index (χ4v) is 3.32. The number of aliphatic imine (C=N–C) groups is 1. The first kappa shape index (κ1) is 19.3. The average Bonchev–Trinajstić information content (AvgIpc) is 2.87. The van der Waals surface area contributed by atoms with Crippen LogP contribution >= 0.6 is 11.6 Å². The average molecular weight is 406 g/mol. The summed E-state index contributed by atoms with van der Waals surface area (Å²) < 4.78 is 14.0. The Morgan fingerprint density at radius 2 is 1.52 bits per heavy atom. The van der Waals surface area contributed by atoms with E-state index in [0.29, 0.717) is 27.8 Å². The van der Waals surface area contributed by atoms with E-state index >= 15 is 0 Å². The molecule has 0 saturated carbocycles. The van der Waals surface area contributed by atoms with Crippen LogP contribution in [0, 0.1) is 5.82 Å². The number of hydrogen-bond donors (Lipinski definition) is 1. The molecule has 0 aliphatic carbocycles. The van der Waals surface area contributed by atoms with E-state index in [9.17, 15) is 4.39 Å². The number of benzene rings is 3. The van der Waals surface area contributed by atoms with Crippen molar-refractivity contribution in [1.29, 1.82) is 0 Å². The maximum atomic E-state index is 14.0. The minimum Gasteiger partial charge on any atom is -0.260 e. The lowest BCUT2D eigenvalue weighted by Gasteiger charge is -2.19. The zero-order valence-corrected chi connectivity index (χ0v) is 17.3. The summed E-state index contributed by atoms with van der Waals surface area (Å²) in [5, 5.41) is 5.19. The summed E-state index contributed by atoms with van der Waals surface area (Å²) in [6.07, 6.45) is 0. The van der Waals surface area contributed by atoms with Crippen molar-refractivity contribution in [3.8, 4) is 0 Å². The van der Waals surface area contributed by atoms with E-state index in [1.54, 1.807) is 18.2 Å². The molecule has 4 rings (SSSR count). The van der Waals surface area contributed by atoms with Gasteiger partial charge >= 0.3 is 0 Å². The van der Waals surface area contributed by atoms with Gasteiger partial charge in [0.2, 0.25) is 0 Å². The summed E-state index contributed by atoms with van der Waals surface area (Å²) in [6.45, 7) is 6.53. The fraction of sp³-hybridized carbons (Fsp3) is 0.167. The highest BCUT2D eigenvalue weighted by atomic mass is 35.5. The maximum absolute atomic E-state index is 14.0. The van der Waals surface area contributed by atoms with Crippen LogP contribution in [-0.2, 0) is 5.41 Å². The normalized spacial score (nSPS) is 13.7. The zero-order chi connectivity index (χ0) is 20.6. The van der Waals surface area contributed by atoms with Crippen molar-refractivity contribution in [2.75, 3.05) is 0 Å². The van der Waals surface area contributed by atoms with Crippen molar-refractivity contribution >= 4 is 28.8 Å². The Morgan fingerprint density at radius 1 is 0.862 bits per heavy atom. The van der Waals surface area contributed by atoms with Crippen LogP contribution in [0.2, 0.25) is 5.02 Å². The lowest BCUT2D eigenvalue weighted by molar-refractivity contribution is 0.590. The standard InChI is InChI=1S/C24H21ClFN3/c1-24(2,3)17-8-4-16(5-9-17)23-27-21-13-12-19(26)14-20(21)22(28-29-23)15-6-10-18(25)11-7-15/h4-14H,1-3H3,(H,27,29). The van der Waals surface area contributed by atoms with Crippen molar-refractivity contribution in [2.24, 2.45) is 10.1 Å². The molecule has 146 valence electrons. The molecule has 0 bridgehead atoms. The van der Waals surface area contributed by atoms with Crippen molar-refractivity contribution in [2.45, 2.75) is 26.2 Å². The van der Waals surface area contributed by atoms with Crippen molar-refractivity contribution in [1.82, 2.24) is 5.43 Å². The van der Waals surface area contributed by atoms with Crippen molar-refractivity contribution < 1.29 is 4.39 Å². The highest BCUT2D eigenvalue weighted by Crippen LogP contribution is 2.28. The van der Waals surface area contributed by atoms with Gasteiger partial charge in [0.05, 0.1) is 5.69 Å². The molecule has 0 fully saturated rings. The Kier molecular flexibility index (Phi) is 4.97. The van der Waals surface area contributed by atoms with Gasteiger partial charge in [0.1, 0.15) is 11.5 Å². The minimum absolute atomic E-state index is 0.0707. The Balaban J connectivity index is 1.79. The second-order valence-corrected chi connectivity index (χ2v) is 8.46. The molecule has 5 heteroatoms. The third-order valence-electron chi connectivity index (χ3n) is 4.86. The number of rotatable bonds is 2. The highest BCUT2D eigenvalue weighted by molar-refractivity contribution is 6.30. The Morgan fingerprint density at radius 3 is 2.17 bits per heavy atom. The highest BCUT2D eigenvalue weighted by Gasteiger charge is 2.19. The van der Waals surface area contributed by atoms with Gasteiger partial charge in [-0.1, -0.05) is 68.8 Å². The molecule has 0 unspecified atom stereocenters. The van der Waals surface area contributed by atoms with Gasteiger partial charge in [-0.25, -0.2) is 9.38 Å². The van der Waals surface area contributed by atoms with Crippen molar-refractivity contribution in [3.05, 3.63) is 99.8 Å². The summed E-state index contributed by atoms with van der Waals surface area (Å²) >= 11 is 6.02. The summed E-state index contributed by atoms with van der Waals surface area (Å²) in [7, 11) is 0. The molecule has 0 atom stereocenters. The number of halogens is 2. The smallest absolute Gasteiger partial charge is 0.154 e. The van der Waals surface area contributed by atoms with Crippen LogP contribution in [0.15, 0.2) is 76.8 Å². The first-order chi connectivity index (χ1) is 13.8. The first-order valence-electron chi connectivity index (χ1n) is 9.40. The van der Waals surface area contributed by atoms with Gasteiger partial charge in [-0.15, -0.1) is 0 Å². The lowest BCUT2D eigenvalue weighted by Crippen LogP contribution is -2.20. The molecule has 0 spiro atoms. The molecule has 0 amide bonds. The van der Waals surface area contributed by atoms with E-state index < -0.39 is 0 Å². The van der Waals surface area contributed by atoms with Gasteiger partial charge in [-0.3, -0.25) is 5.43 Å². The Bertz CT molecular complexity index is 1110. The van der Waals surface area contributed by atoms with Crippen LogP contribution in [-0.4, -0.2) is 11.5 Å². The van der Waals surface area contributed by atoms with E-state index in [0.717, 1.165) is 11.1 Å². The molecule has 1 N–H and O–H groups in total. The van der Waals surface area contributed by atoms with Gasteiger partial charge in [0, 0.05) is 21.7 Å². The Labute approximate surface area is 175 Å². The van der Waals surface area contributed by atoms with Gasteiger partial charge in [0.25, 0.3) is 0 Å². The number of nitrogens with one attached hydrogen (secondary N) is 1. The SMILES string of the molecule is CC(C)(C)c1ccc(C2=Nc3ccc(F)cc3C(c3ccc(Cl)cc3)=NN2)cc1. The first-order valence-corrected chi connectivity index (χ1v) is 9.78. The number of nitrogens with zero attached hydrogens (tertiary/aromatic N) is 2. The van der Waals surface area contributed by atoms with Gasteiger partial charge in [0.15, 0.2) is 5.84 Å². The number of hydrogen-bond acceptors (Lipinski definition) is 3. The van der Waals surface area contributed by atoms with Gasteiger partial charge in [-0.2, -0.15) is 5.10 Å². The van der Waals surface area contributed by atoms with E-state index in [4.69, 9.17) is 16.6 Å². The molecule has 29 heavy (non-hydrogen) atoms. The number of fused-ring (bicyclic) bond motifs is 1. The van der Waals surface area contributed by atoms with Crippen LogP contribution < -0.4 is 5.43 Å². The van der Waals surface area contributed by atoms with E-state index in [1.807, 2.05) is 24.3 Å².